The minimum Gasteiger partial charge on any atom is -0.379 e. The van der Waals surface area contributed by atoms with E-state index in [1.165, 1.54) is 0 Å². The number of ether oxygens (including phenoxy) is 1. The Kier molecular flexibility index (Phi) is 6.71. The van der Waals surface area contributed by atoms with Crippen LogP contribution in [0.15, 0.2) is 47.4 Å². The van der Waals surface area contributed by atoms with E-state index in [9.17, 15) is 22.8 Å². The Hall–Kier alpha value is -2.65. The molecule has 1 amide bonds. The first-order valence-electron chi connectivity index (χ1n) is 9.23. The fourth-order valence-corrected chi connectivity index (χ4v) is 3.09. The van der Waals surface area contributed by atoms with E-state index in [0.717, 1.165) is 41.4 Å². The third-order valence-corrected chi connectivity index (χ3v) is 4.62. The molecule has 2 heterocycles. The molecule has 1 fully saturated rings. The molecule has 1 aromatic heterocycles. The van der Waals surface area contributed by atoms with Crippen LogP contribution in [-0.4, -0.2) is 41.7 Å². The summed E-state index contributed by atoms with van der Waals surface area (Å²) in [5.41, 5.74) is 0.342. The van der Waals surface area contributed by atoms with E-state index in [1.807, 2.05) is 24.3 Å². The summed E-state index contributed by atoms with van der Waals surface area (Å²) in [4.78, 5) is 26.1. The van der Waals surface area contributed by atoms with Crippen molar-refractivity contribution in [3.63, 3.8) is 0 Å². The molecule has 6 nitrogen and oxygen atoms in total. The Morgan fingerprint density at radius 2 is 1.83 bits per heavy atom. The molecule has 3 rings (SSSR count). The number of carbonyl (C=O) groups excluding carboxylic acids is 1. The van der Waals surface area contributed by atoms with Crippen LogP contribution in [0.2, 0.25) is 0 Å². The van der Waals surface area contributed by atoms with Crippen molar-refractivity contribution in [3.8, 4) is 0 Å². The van der Waals surface area contributed by atoms with Crippen LogP contribution in [0.3, 0.4) is 0 Å². The molecule has 0 atom stereocenters. The fraction of sp³-hybridized carbons (Fsp3) is 0.400. The van der Waals surface area contributed by atoms with Gasteiger partial charge in [-0.05, 0) is 17.2 Å². The summed E-state index contributed by atoms with van der Waals surface area (Å²) in [6, 6.07) is 9.26. The number of morpholine rings is 1. The van der Waals surface area contributed by atoms with Gasteiger partial charge in [0.05, 0.1) is 18.8 Å². The summed E-state index contributed by atoms with van der Waals surface area (Å²) in [5.74, 6) is -0.537. The number of nitrogens with zero attached hydrogens (tertiary/aromatic N) is 2. The van der Waals surface area contributed by atoms with Gasteiger partial charge in [-0.2, -0.15) is 13.2 Å². The van der Waals surface area contributed by atoms with Crippen molar-refractivity contribution in [2.24, 2.45) is 0 Å². The van der Waals surface area contributed by atoms with Gasteiger partial charge in [0.25, 0.3) is 5.56 Å². The molecule has 0 aliphatic carbocycles. The molecule has 9 heteroatoms. The van der Waals surface area contributed by atoms with E-state index in [0.29, 0.717) is 25.5 Å². The molecule has 0 bridgehead atoms. The smallest absolute Gasteiger partial charge is 0.379 e. The highest BCUT2D eigenvalue weighted by molar-refractivity contribution is 5.75. The van der Waals surface area contributed by atoms with E-state index in [1.54, 1.807) is 0 Å². The molecule has 29 heavy (non-hydrogen) atoms. The number of rotatable bonds is 6. The van der Waals surface area contributed by atoms with Gasteiger partial charge in [0.2, 0.25) is 5.91 Å². The van der Waals surface area contributed by atoms with Crippen LogP contribution in [0.4, 0.5) is 13.2 Å². The van der Waals surface area contributed by atoms with Crippen LogP contribution in [-0.2, 0) is 35.3 Å². The van der Waals surface area contributed by atoms with Crippen LogP contribution < -0.4 is 10.9 Å². The van der Waals surface area contributed by atoms with Gasteiger partial charge in [-0.25, -0.2) is 0 Å². The lowest BCUT2D eigenvalue weighted by atomic mass is 10.1. The molecule has 1 aliphatic heterocycles. The Morgan fingerprint density at radius 1 is 1.10 bits per heavy atom. The Bertz CT molecular complexity index is 906. The number of carbonyl (C=O) groups is 1. The number of nitrogens with one attached hydrogen (secondary N) is 1. The summed E-state index contributed by atoms with van der Waals surface area (Å²) in [5, 5.41) is 2.65. The quantitative estimate of drug-likeness (QED) is 0.793. The van der Waals surface area contributed by atoms with E-state index in [-0.39, 0.29) is 6.54 Å². The van der Waals surface area contributed by atoms with Gasteiger partial charge in [0.1, 0.15) is 6.54 Å². The predicted molar refractivity (Wildman–Crippen MR) is 100 cm³/mol. The summed E-state index contributed by atoms with van der Waals surface area (Å²) in [6.45, 7) is 3.69. The number of halogens is 3. The molecule has 1 N–H and O–H groups in total. The van der Waals surface area contributed by atoms with Crippen LogP contribution in [0, 0.1) is 0 Å². The summed E-state index contributed by atoms with van der Waals surface area (Å²) < 4.78 is 44.4. The average molecular weight is 409 g/mol. The standard InChI is InChI=1S/C20H22F3N3O3/c21-20(22,23)17-4-5-19(28)26(13-17)14-18(27)24-11-15-2-1-3-16(10-15)12-25-6-8-29-9-7-25/h1-5,10,13H,6-9,11-12,14H2,(H,24,27). The van der Waals surface area contributed by atoms with Gasteiger partial charge in [0, 0.05) is 38.4 Å². The van der Waals surface area contributed by atoms with Crippen molar-refractivity contribution in [2.75, 3.05) is 26.3 Å². The van der Waals surface area contributed by atoms with E-state index >= 15 is 0 Å². The zero-order valence-corrected chi connectivity index (χ0v) is 15.7. The van der Waals surface area contributed by atoms with Crippen LogP contribution in [0.1, 0.15) is 16.7 Å². The second-order valence-corrected chi connectivity index (χ2v) is 6.87. The Balaban J connectivity index is 1.57. The summed E-state index contributed by atoms with van der Waals surface area (Å²) in [6.07, 6.45) is -3.92. The lowest BCUT2D eigenvalue weighted by Gasteiger charge is -2.26. The maximum absolute atomic E-state index is 12.8. The SMILES string of the molecule is O=C(Cn1cc(C(F)(F)F)ccc1=O)NCc1cccc(CN2CCOCC2)c1. The normalized spacial score (nSPS) is 15.3. The highest BCUT2D eigenvalue weighted by Gasteiger charge is 2.31. The molecule has 0 saturated carbocycles. The van der Waals surface area contributed by atoms with Crippen molar-refractivity contribution in [1.82, 2.24) is 14.8 Å². The van der Waals surface area contributed by atoms with Gasteiger partial charge in [-0.3, -0.25) is 14.5 Å². The summed E-state index contributed by atoms with van der Waals surface area (Å²) in [7, 11) is 0. The van der Waals surface area contributed by atoms with E-state index < -0.39 is 29.8 Å². The largest absolute Gasteiger partial charge is 0.417 e. The third-order valence-electron chi connectivity index (χ3n) is 4.62. The number of benzene rings is 1. The third kappa shape index (κ3) is 6.16. The molecule has 2 aromatic rings. The Labute approximate surface area is 165 Å². The number of aromatic nitrogens is 1. The minimum atomic E-state index is -4.58. The first-order valence-corrected chi connectivity index (χ1v) is 9.23. The number of hydrogen-bond acceptors (Lipinski definition) is 4. The van der Waals surface area contributed by atoms with Crippen molar-refractivity contribution >= 4 is 5.91 Å². The zero-order chi connectivity index (χ0) is 20.9. The number of pyridine rings is 1. The van der Waals surface area contributed by atoms with Gasteiger partial charge < -0.3 is 14.6 Å². The first-order chi connectivity index (χ1) is 13.8. The lowest BCUT2D eigenvalue weighted by Crippen LogP contribution is -2.35. The van der Waals surface area contributed by atoms with Crippen LogP contribution in [0.25, 0.3) is 0 Å². The van der Waals surface area contributed by atoms with E-state index in [4.69, 9.17) is 4.74 Å². The van der Waals surface area contributed by atoms with Crippen molar-refractivity contribution in [1.29, 1.82) is 0 Å². The van der Waals surface area contributed by atoms with Gasteiger partial charge in [0.15, 0.2) is 0 Å². The van der Waals surface area contributed by atoms with Crippen molar-refractivity contribution in [2.45, 2.75) is 25.8 Å². The molecule has 1 aliphatic rings. The van der Waals surface area contributed by atoms with Crippen LogP contribution >= 0.6 is 0 Å². The van der Waals surface area contributed by atoms with Gasteiger partial charge in [-0.15, -0.1) is 0 Å². The van der Waals surface area contributed by atoms with Gasteiger partial charge in [-0.1, -0.05) is 24.3 Å². The first kappa shape index (κ1) is 21.1. The molecule has 1 saturated heterocycles. The number of amides is 1. The number of hydrogen-bond donors (Lipinski definition) is 1. The highest BCUT2D eigenvalue weighted by Crippen LogP contribution is 2.27. The second kappa shape index (κ2) is 9.23. The average Bonchev–Trinajstić information content (AvgIpc) is 2.68. The van der Waals surface area contributed by atoms with Crippen molar-refractivity contribution in [3.05, 3.63) is 69.6 Å². The molecule has 0 unspecified atom stereocenters. The maximum atomic E-state index is 12.8. The lowest BCUT2D eigenvalue weighted by molar-refractivity contribution is -0.138. The molecular formula is C20H22F3N3O3. The van der Waals surface area contributed by atoms with Crippen molar-refractivity contribution < 1.29 is 22.7 Å². The number of alkyl halides is 3. The monoisotopic (exact) mass is 409 g/mol. The van der Waals surface area contributed by atoms with E-state index in [2.05, 4.69) is 10.2 Å². The molecular weight excluding hydrogens is 387 g/mol. The summed E-state index contributed by atoms with van der Waals surface area (Å²) >= 11 is 0. The van der Waals surface area contributed by atoms with Gasteiger partial charge >= 0.3 is 6.18 Å². The zero-order valence-electron chi connectivity index (χ0n) is 15.7. The fourth-order valence-electron chi connectivity index (χ4n) is 3.09. The Morgan fingerprint density at radius 3 is 2.55 bits per heavy atom. The molecule has 0 radical (unpaired) electrons. The maximum Gasteiger partial charge on any atom is 0.417 e. The topological polar surface area (TPSA) is 63.6 Å². The molecule has 0 spiro atoms. The highest BCUT2D eigenvalue weighted by atomic mass is 19.4. The molecule has 156 valence electrons. The second-order valence-electron chi connectivity index (χ2n) is 6.87. The minimum absolute atomic E-state index is 0.226. The molecule has 1 aromatic carbocycles. The van der Waals surface area contributed by atoms with Crippen LogP contribution in [0.5, 0.6) is 0 Å². The predicted octanol–water partition coefficient (Wildman–Crippen LogP) is 2.02.